The van der Waals surface area contributed by atoms with Crippen LogP contribution >= 0.6 is 15.9 Å². The molecule has 0 saturated heterocycles. The van der Waals surface area contributed by atoms with E-state index in [1.165, 1.54) is 35.3 Å². The van der Waals surface area contributed by atoms with Gasteiger partial charge in [-0.15, -0.1) is 0 Å². The highest BCUT2D eigenvalue weighted by Crippen LogP contribution is 2.22. The number of carboxylic acids is 1. The van der Waals surface area contributed by atoms with Gasteiger partial charge < -0.3 is 9.67 Å². The van der Waals surface area contributed by atoms with E-state index < -0.39 is 16.0 Å². The Labute approximate surface area is 123 Å². The molecule has 0 bridgehead atoms. The Morgan fingerprint density at radius 1 is 1.45 bits per heavy atom. The van der Waals surface area contributed by atoms with Gasteiger partial charge in [0.1, 0.15) is 0 Å². The second kappa shape index (κ2) is 5.25. The number of hydrogen-bond donors (Lipinski definition) is 2. The van der Waals surface area contributed by atoms with Gasteiger partial charge in [-0.2, -0.15) is 8.42 Å². The first-order valence-electron chi connectivity index (χ1n) is 5.33. The van der Waals surface area contributed by atoms with Crippen LogP contribution in [0.15, 0.2) is 40.2 Å². The highest BCUT2D eigenvalue weighted by molar-refractivity contribution is 9.10. The summed E-state index contributed by atoms with van der Waals surface area (Å²) in [6, 6.07) is 4.14. The Hall–Kier alpha value is -1.87. The quantitative estimate of drug-likeness (QED) is 0.864. The summed E-state index contributed by atoms with van der Waals surface area (Å²) in [6.07, 6.45) is 2.71. The molecule has 1 aromatic carbocycles. The number of hydrogen-bond acceptors (Lipinski definition) is 4. The number of anilines is 1. The van der Waals surface area contributed by atoms with Crippen molar-refractivity contribution in [3.63, 3.8) is 0 Å². The summed E-state index contributed by atoms with van der Waals surface area (Å²) in [4.78, 5) is 14.7. The predicted octanol–water partition coefficient (Wildman–Crippen LogP) is 1.68. The van der Waals surface area contributed by atoms with Crippen LogP contribution in [0.5, 0.6) is 0 Å². The van der Waals surface area contributed by atoms with Gasteiger partial charge in [0.25, 0.3) is 10.0 Å². The van der Waals surface area contributed by atoms with Gasteiger partial charge >= 0.3 is 5.97 Å². The molecule has 0 fully saturated rings. The first-order valence-corrected chi connectivity index (χ1v) is 7.61. The number of aryl methyl sites for hydroxylation is 1. The molecular formula is C11H10BrN3O4S. The van der Waals surface area contributed by atoms with Gasteiger partial charge in [0, 0.05) is 23.4 Å². The maximum absolute atomic E-state index is 12.0. The number of aromatic carboxylic acids is 1. The fraction of sp³-hybridized carbons (Fsp3) is 0.0909. The molecule has 20 heavy (non-hydrogen) atoms. The van der Waals surface area contributed by atoms with Crippen LogP contribution < -0.4 is 4.72 Å². The summed E-state index contributed by atoms with van der Waals surface area (Å²) in [5, 5.41) is 8.85. The van der Waals surface area contributed by atoms with Crippen molar-refractivity contribution in [2.45, 2.75) is 5.03 Å². The lowest BCUT2D eigenvalue weighted by atomic mass is 10.2. The molecule has 1 heterocycles. The van der Waals surface area contributed by atoms with Crippen LogP contribution in [0.3, 0.4) is 0 Å². The van der Waals surface area contributed by atoms with Crippen LogP contribution in [0.25, 0.3) is 0 Å². The molecule has 2 rings (SSSR count). The van der Waals surface area contributed by atoms with Gasteiger partial charge in [0.15, 0.2) is 5.03 Å². The molecule has 0 radical (unpaired) electrons. The highest BCUT2D eigenvalue weighted by atomic mass is 79.9. The van der Waals surface area contributed by atoms with E-state index in [1.54, 1.807) is 7.05 Å². The average molecular weight is 360 g/mol. The van der Waals surface area contributed by atoms with Gasteiger partial charge in [-0.25, -0.2) is 9.78 Å². The van der Waals surface area contributed by atoms with Crippen molar-refractivity contribution in [2.75, 3.05) is 4.72 Å². The third kappa shape index (κ3) is 2.99. The van der Waals surface area contributed by atoms with Crippen LogP contribution in [0.4, 0.5) is 5.69 Å². The molecule has 9 heteroatoms. The van der Waals surface area contributed by atoms with E-state index in [0.29, 0.717) is 4.47 Å². The number of imidazole rings is 1. The third-order valence-electron chi connectivity index (χ3n) is 2.41. The number of carbonyl (C=O) groups is 1. The number of aromatic nitrogens is 2. The lowest BCUT2D eigenvalue weighted by Crippen LogP contribution is -2.14. The molecule has 2 aromatic rings. The molecule has 1 aromatic heterocycles. The van der Waals surface area contributed by atoms with E-state index in [0.717, 1.165) is 0 Å². The SMILES string of the molecule is Cn1cnc(S(=O)(=O)Nc2ccc(Br)c(C(=O)O)c2)c1. The molecule has 2 N–H and O–H groups in total. The lowest BCUT2D eigenvalue weighted by molar-refractivity contribution is 0.0696. The minimum absolute atomic E-state index is 0.0359. The summed E-state index contributed by atoms with van der Waals surface area (Å²) < 4.78 is 28.2. The number of nitrogens with zero attached hydrogens (tertiary/aromatic N) is 2. The molecule has 0 spiro atoms. The molecule has 0 atom stereocenters. The molecular weight excluding hydrogens is 350 g/mol. The van der Waals surface area contributed by atoms with E-state index >= 15 is 0 Å². The van der Waals surface area contributed by atoms with Crippen LogP contribution in [-0.2, 0) is 17.1 Å². The molecule has 0 amide bonds. The van der Waals surface area contributed by atoms with E-state index in [1.807, 2.05) is 0 Å². The molecule has 0 saturated carbocycles. The first kappa shape index (κ1) is 14.5. The molecule has 0 aliphatic carbocycles. The zero-order chi connectivity index (χ0) is 14.9. The van der Waals surface area contributed by atoms with Crippen LogP contribution in [-0.4, -0.2) is 29.0 Å². The number of nitrogens with one attached hydrogen (secondary N) is 1. The Morgan fingerprint density at radius 3 is 2.70 bits per heavy atom. The lowest BCUT2D eigenvalue weighted by Gasteiger charge is -2.07. The molecule has 7 nitrogen and oxygen atoms in total. The predicted molar refractivity (Wildman–Crippen MR) is 75.1 cm³/mol. The Morgan fingerprint density at radius 2 is 2.15 bits per heavy atom. The standard InChI is InChI=1S/C11H10BrN3O4S/c1-15-5-10(13-6-15)20(18,19)14-7-2-3-9(12)8(4-7)11(16)17/h2-6,14H,1H3,(H,16,17). The van der Waals surface area contributed by atoms with Crippen molar-refractivity contribution in [3.8, 4) is 0 Å². The summed E-state index contributed by atoms with van der Waals surface area (Å²) in [6.45, 7) is 0. The van der Waals surface area contributed by atoms with Crippen molar-refractivity contribution < 1.29 is 18.3 Å². The van der Waals surface area contributed by atoms with Gasteiger partial charge in [-0.05, 0) is 34.1 Å². The number of benzene rings is 1. The van der Waals surface area contributed by atoms with Crippen molar-refractivity contribution in [1.82, 2.24) is 9.55 Å². The second-order valence-corrected chi connectivity index (χ2v) is 6.47. The second-order valence-electron chi connectivity index (χ2n) is 3.98. The fourth-order valence-electron chi connectivity index (χ4n) is 1.49. The summed E-state index contributed by atoms with van der Waals surface area (Å²) in [5.74, 6) is -1.16. The minimum Gasteiger partial charge on any atom is -0.478 e. The van der Waals surface area contributed by atoms with Crippen molar-refractivity contribution in [3.05, 3.63) is 40.8 Å². The number of carboxylic acid groups (broad SMARTS) is 1. The van der Waals surface area contributed by atoms with E-state index in [-0.39, 0.29) is 16.3 Å². The van der Waals surface area contributed by atoms with Crippen LogP contribution in [0.1, 0.15) is 10.4 Å². The van der Waals surface area contributed by atoms with E-state index in [4.69, 9.17) is 5.11 Å². The maximum atomic E-state index is 12.0. The molecule has 106 valence electrons. The highest BCUT2D eigenvalue weighted by Gasteiger charge is 2.18. The molecule has 0 aliphatic heterocycles. The zero-order valence-electron chi connectivity index (χ0n) is 10.2. The van der Waals surface area contributed by atoms with Crippen molar-refractivity contribution in [2.24, 2.45) is 7.05 Å². The summed E-state index contributed by atoms with van der Waals surface area (Å²) in [7, 11) is -2.19. The van der Waals surface area contributed by atoms with Crippen molar-refractivity contribution >= 4 is 37.6 Å². The average Bonchev–Trinajstić information content (AvgIpc) is 2.78. The zero-order valence-corrected chi connectivity index (χ0v) is 12.6. The van der Waals surface area contributed by atoms with Gasteiger partial charge in [0.05, 0.1) is 11.9 Å². The number of sulfonamides is 1. The van der Waals surface area contributed by atoms with Crippen LogP contribution in [0, 0.1) is 0 Å². The maximum Gasteiger partial charge on any atom is 0.336 e. The first-order chi connectivity index (χ1) is 9.29. The third-order valence-corrected chi connectivity index (χ3v) is 4.36. The normalized spacial score (nSPS) is 11.3. The number of halogens is 1. The van der Waals surface area contributed by atoms with Crippen LogP contribution in [0.2, 0.25) is 0 Å². The smallest absolute Gasteiger partial charge is 0.336 e. The molecule has 0 unspecified atom stereocenters. The van der Waals surface area contributed by atoms with E-state index in [2.05, 4.69) is 25.6 Å². The summed E-state index contributed by atoms with van der Waals surface area (Å²) in [5.41, 5.74) is 0.113. The van der Waals surface area contributed by atoms with Gasteiger partial charge in [-0.1, -0.05) is 0 Å². The number of rotatable bonds is 4. The van der Waals surface area contributed by atoms with Crippen molar-refractivity contribution in [1.29, 1.82) is 0 Å². The largest absolute Gasteiger partial charge is 0.478 e. The topological polar surface area (TPSA) is 101 Å². The fourth-order valence-corrected chi connectivity index (χ4v) is 2.94. The van der Waals surface area contributed by atoms with Gasteiger partial charge in [0.2, 0.25) is 0 Å². The Bertz CT molecular complexity index is 770. The molecule has 0 aliphatic rings. The Kier molecular flexibility index (Phi) is 3.82. The Balaban J connectivity index is 2.35. The van der Waals surface area contributed by atoms with E-state index in [9.17, 15) is 13.2 Å². The summed E-state index contributed by atoms with van der Waals surface area (Å²) >= 11 is 3.09. The van der Waals surface area contributed by atoms with Gasteiger partial charge in [-0.3, -0.25) is 4.72 Å². The monoisotopic (exact) mass is 359 g/mol. The minimum atomic E-state index is -3.84.